The van der Waals surface area contributed by atoms with E-state index in [9.17, 15) is 9.90 Å². The molecule has 0 unspecified atom stereocenters. The Labute approximate surface area is 103 Å². The summed E-state index contributed by atoms with van der Waals surface area (Å²) in [5.74, 6) is -0.618. The lowest BCUT2D eigenvalue weighted by atomic mass is 9.78. The van der Waals surface area contributed by atoms with E-state index in [2.05, 4.69) is 12.1 Å². The van der Waals surface area contributed by atoms with Crippen molar-refractivity contribution in [3.63, 3.8) is 0 Å². The van der Waals surface area contributed by atoms with Crippen LogP contribution in [0.2, 0.25) is 0 Å². The number of rotatable bonds is 2. The third kappa shape index (κ3) is 3.09. The van der Waals surface area contributed by atoms with Gasteiger partial charge in [0.15, 0.2) is 0 Å². The maximum absolute atomic E-state index is 11.4. The number of benzene rings is 1. The minimum Gasteiger partial charge on any atom is -0.481 e. The molecule has 2 rings (SSSR count). The molecule has 1 fully saturated rings. The second kappa shape index (κ2) is 5.85. The van der Waals surface area contributed by atoms with Gasteiger partial charge in [-0.25, -0.2) is 0 Å². The Hall–Kier alpha value is -1.31. The average molecular weight is 232 g/mol. The quantitative estimate of drug-likeness (QED) is 0.841. The Morgan fingerprint density at radius 1 is 1.00 bits per heavy atom. The van der Waals surface area contributed by atoms with Crippen LogP contribution in [0.1, 0.15) is 50.0 Å². The van der Waals surface area contributed by atoms with Gasteiger partial charge in [-0.15, -0.1) is 0 Å². The monoisotopic (exact) mass is 232 g/mol. The Bertz CT molecular complexity index is 358. The number of carboxylic acid groups (broad SMARTS) is 1. The number of hydrogen-bond acceptors (Lipinski definition) is 1. The highest BCUT2D eigenvalue weighted by Gasteiger charge is 2.29. The molecule has 0 heterocycles. The van der Waals surface area contributed by atoms with Gasteiger partial charge in [-0.1, -0.05) is 56.0 Å². The molecule has 0 amide bonds. The SMILES string of the molecule is O=C(O)[C@H]1CCCCCC[C@@H]1c1ccccc1. The normalized spacial score (nSPS) is 25.9. The van der Waals surface area contributed by atoms with Crippen molar-refractivity contribution in [3.05, 3.63) is 35.9 Å². The molecule has 0 bridgehead atoms. The third-order valence-corrected chi connectivity index (χ3v) is 3.81. The summed E-state index contributed by atoms with van der Waals surface area (Å²) >= 11 is 0. The smallest absolute Gasteiger partial charge is 0.307 e. The van der Waals surface area contributed by atoms with E-state index >= 15 is 0 Å². The largest absolute Gasteiger partial charge is 0.481 e. The van der Waals surface area contributed by atoms with Gasteiger partial charge in [0.05, 0.1) is 5.92 Å². The maximum Gasteiger partial charge on any atom is 0.307 e. The molecular formula is C15H20O2. The molecule has 0 aliphatic heterocycles. The van der Waals surface area contributed by atoms with Gasteiger partial charge >= 0.3 is 5.97 Å². The number of hydrogen-bond donors (Lipinski definition) is 1. The van der Waals surface area contributed by atoms with Crippen LogP contribution in [0.3, 0.4) is 0 Å². The molecule has 92 valence electrons. The van der Waals surface area contributed by atoms with E-state index < -0.39 is 5.97 Å². The highest BCUT2D eigenvalue weighted by Crippen LogP contribution is 2.35. The lowest BCUT2D eigenvalue weighted by Crippen LogP contribution is -2.23. The van der Waals surface area contributed by atoms with Gasteiger partial charge in [-0.05, 0) is 24.3 Å². The fourth-order valence-electron chi connectivity index (χ4n) is 2.88. The van der Waals surface area contributed by atoms with Crippen LogP contribution in [0, 0.1) is 5.92 Å². The molecule has 0 radical (unpaired) electrons. The second-order valence-corrected chi connectivity index (χ2v) is 4.95. The van der Waals surface area contributed by atoms with Gasteiger partial charge < -0.3 is 5.11 Å². The van der Waals surface area contributed by atoms with Gasteiger partial charge in [0, 0.05) is 0 Å². The zero-order valence-corrected chi connectivity index (χ0v) is 10.1. The summed E-state index contributed by atoms with van der Waals surface area (Å²) in [7, 11) is 0. The summed E-state index contributed by atoms with van der Waals surface area (Å²) in [6, 6.07) is 10.1. The van der Waals surface area contributed by atoms with Crippen LogP contribution in [-0.2, 0) is 4.79 Å². The van der Waals surface area contributed by atoms with Crippen LogP contribution in [0.15, 0.2) is 30.3 Å². The van der Waals surface area contributed by atoms with Crippen LogP contribution >= 0.6 is 0 Å². The Kier molecular flexibility index (Phi) is 4.18. The number of carboxylic acids is 1. The highest BCUT2D eigenvalue weighted by atomic mass is 16.4. The van der Waals surface area contributed by atoms with Crippen LogP contribution in [0.25, 0.3) is 0 Å². The standard InChI is InChI=1S/C15H20O2/c16-15(17)14-11-7-2-1-6-10-13(14)12-8-4-3-5-9-12/h3-5,8-9,13-14H,1-2,6-7,10-11H2,(H,16,17)/t13-,14+/m1/s1. The second-order valence-electron chi connectivity index (χ2n) is 4.95. The molecule has 1 aliphatic carbocycles. The topological polar surface area (TPSA) is 37.3 Å². The Morgan fingerprint density at radius 3 is 2.29 bits per heavy atom. The molecule has 2 atom stereocenters. The van der Waals surface area contributed by atoms with Crippen molar-refractivity contribution in [2.24, 2.45) is 5.92 Å². The summed E-state index contributed by atoms with van der Waals surface area (Å²) in [5.41, 5.74) is 1.20. The van der Waals surface area contributed by atoms with Crippen molar-refractivity contribution in [3.8, 4) is 0 Å². The summed E-state index contributed by atoms with van der Waals surface area (Å²) in [6.45, 7) is 0. The lowest BCUT2D eigenvalue weighted by Gasteiger charge is -2.26. The van der Waals surface area contributed by atoms with E-state index in [-0.39, 0.29) is 11.8 Å². The van der Waals surface area contributed by atoms with Crippen LogP contribution in [0.4, 0.5) is 0 Å². The zero-order valence-electron chi connectivity index (χ0n) is 10.1. The fourth-order valence-corrected chi connectivity index (χ4v) is 2.88. The summed E-state index contributed by atoms with van der Waals surface area (Å²) in [6.07, 6.45) is 6.49. The predicted octanol–water partition coefficient (Wildman–Crippen LogP) is 3.83. The Balaban J connectivity index is 2.21. The molecule has 1 aromatic carbocycles. The number of carbonyl (C=O) groups is 1. The van der Waals surface area contributed by atoms with Crippen molar-refractivity contribution in [1.29, 1.82) is 0 Å². The van der Waals surface area contributed by atoms with E-state index in [4.69, 9.17) is 0 Å². The molecule has 0 aromatic heterocycles. The molecule has 1 aliphatic rings. The van der Waals surface area contributed by atoms with E-state index in [1.165, 1.54) is 18.4 Å². The molecular weight excluding hydrogens is 212 g/mol. The molecule has 1 N–H and O–H groups in total. The van der Waals surface area contributed by atoms with Crippen LogP contribution in [0.5, 0.6) is 0 Å². The average Bonchev–Trinajstić information content (AvgIpc) is 2.29. The first-order valence-electron chi connectivity index (χ1n) is 6.57. The minimum absolute atomic E-state index is 0.197. The van der Waals surface area contributed by atoms with Crippen LogP contribution < -0.4 is 0 Å². The van der Waals surface area contributed by atoms with Crippen molar-refractivity contribution in [2.75, 3.05) is 0 Å². The van der Waals surface area contributed by atoms with Gasteiger partial charge in [0.2, 0.25) is 0 Å². The van der Waals surface area contributed by atoms with E-state index in [0.29, 0.717) is 0 Å². The summed E-state index contributed by atoms with van der Waals surface area (Å²) in [4.78, 5) is 11.4. The first-order valence-corrected chi connectivity index (χ1v) is 6.57. The van der Waals surface area contributed by atoms with Gasteiger partial charge in [-0.2, -0.15) is 0 Å². The Morgan fingerprint density at radius 2 is 1.65 bits per heavy atom. The first-order chi connectivity index (χ1) is 8.29. The van der Waals surface area contributed by atoms with Crippen LogP contribution in [-0.4, -0.2) is 11.1 Å². The first kappa shape index (κ1) is 12.2. The van der Waals surface area contributed by atoms with Gasteiger partial charge in [-0.3, -0.25) is 4.79 Å². The molecule has 1 saturated carbocycles. The summed E-state index contributed by atoms with van der Waals surface area (Å²) < 4.78 is 0. The molecule has 2 heteroatoms. The molecule has 17 heavy (non-hydrogen) atoms. The fraction of sp³-hybridized carbons (Fsp3) is 0.533. The maximum atomic E-state index is 11.4. The highest BCUT2D eigenvalue weighted by molar-refractivity contribution is 5.71. The van der Waals surface area contributed by atoms with Crippen molar-refractivity contribution in [1.82, 2.24) is 0 Å². The van der Waals surface area contributed by atoms with Crippen molar-refractivity contribution >= 4 is 5.97 Å². The van der Waals surface area contributed by atoms with E-state index in [1.807, 2.05) is 18.2 Å². The predicted molar refractivity (Wildman–Crippen MR) is 68.0 cm³/mol. The molecule has 0 saturated heterocycles. The molecule has 0 spiro atoms. The molecule has 1 aromatic rings. The van der Waals surface area contributed by atoms with E-state index in [1.54, 1.807) is 0 Å². The van der Waals surface area contributed by atoms with Crippen molar-refractivity contribution in [2.45, 2.75) is 44.4 Å². The van der Waals surface area contributed by atoms with Crippen molar-refractivity contribution < 1.29 is 9.90 Å². The molecule has 2 nitrogen and oxygen atoms in total. The zero-order chi connectivity index (χ0) is 12.1. The minimum atomic E-state index is -0.624. The lowest BCUT2D eigenvalue weighted by molar-refractivity contribution is -0.143. The number of aliphatic carboxylic acids is 1. The third-order valence-electron chi connectivity index (χ3n) is 3.81. The van der Waals surface area contributed by atoms with Gasteiger partial charge in [0.25, 0.3) is 0 Å². The van der Waals surface area contributed by atoms with E-state index in [0.717, 1.165) is 25.7 Å². The summed E-state index contributed by atoms with van der Waals surface area (Å²) in [5, 5.41) is 9.39. The van der Waals surface area contributed by atoms with Gasteiger partial charge in [0.1, 0.15) is 0 Å².